The van der Waals surface area contributed by atoms with Crippen molar-refractivity contribution >= 4 is 5.78 Å². The Kier molecular flexibility index (Phi) is 4.51. The van der Waals surface area contributed by atoms with Crippen LogP contribution in [-0.2, 0) is 9.63 Å². The van der Waals surface area contributed by atoms with Crippen LogP contribution in [0, 0.1) is 0 Å². The number of aliphatic hydroxyl groups is 1. The van der Waals surface area contributed by atoms with E-state index in [1.54, 1.807) is 0 Å². The second-order valence-corrected chi connectivity index (χ2v) is 7.00. The minimum absolute atomic E-state index is 0.0966. The Hall–Kier alpha value is -1.23. The Balaban J connectivity index is 2.24. The van der Waals surface area contributed by atoms with Gasteiger partial charge in [-0.05, 0) is 33.3 Å². The van der Waals surface area contributed by atoms with E-state index in [-0.39, 0.29) is 23.5 Å². The lowest BCUT2D eigenvalue weighted by Crippen LogP contribution is -2.61. The summed E-state index contributed by atoms with van der Waals surface area (Å²) in [5.41, 5.74) is 0.158. The van der Waals surface area contributed by atoms with Crippen molar-refractivity contribution in [2.45, 2.75) is 57.7 Å². The summed E-state index contributed by atoms with van der Waals surface area (Å²) in [6, 6.07) is 9.67. The third-order valence-corrected chi connectivity index (χ3v) is 3.93. The number of Topliss-reactive ketones (excluding diaryl/α,β-unsaturated/α-hetero) is 1. The number of carbonyl (C=O) groups is 1. The first-order valence-corrected chi connectivity index (χ1v) is 7.41. The lowest BCUT2D eigenvalue weighted by molar-refractivity contribution is -0.305. The van der Waals surface area contributed by atoms with Gasteiger partial charge in [-0.2, -0.15) is 5.06 Å². The molecule has 0 spiro atoms. The van der Waals surface area contributed by atoms with Gasteiger partial charge in [0.05, 0.1) is 6.61 Å². The van der Waals surface area contributed by atoms with Gasteiger partial charge in [0, 0.05) is 23.9 Å². The molecule has 4 heteroatoms. The van der Waals surface area contributed by atoms with E-state index < -0.39 is 6.10 Å². The number of aliphatic hydroxyl groups excluding tert-OH is 1. The van der Waals surface area contributed by atoms with Gasteiger partial charge in [-0.3, -0.25) is 9.63 Å². The predicted octanol–water partition coefficient (Wildman–Crippen LogP) is 2.87. The molecule has 1 aliphatic rings. The van der Waals surface area contributed by atoms with Gasteiger partial charge in [-0.15, -0.1) is 0 Å². The monoisotopic (exact) mass is 291 g/mol. The number of ketones is 1. The summed E-state index contributed by atoms with van der Waals surface area (Å²) in [5, 5.41) is 11.6. The van der Waals surface area contributed by atoms with Gasteiger partial charge >= 0.3 is 0 Å². The predicted molar refractivity (Wildman–Crippen MR) is 81.6 cm³/mol. The van der Waals surface area contributed by atoms with Crippen LogP contribution in [0.1, 0.15) is 52.2 Å². The zero-order valence-electron chi connectivity index (χ0n) is 13.3. The highest BCUT2D eigenvalue weighted by Crippen LogP contribution is 2.38. The molecule has 1 N–H and O–H groups in total. The van der Waals surface area contributed by atoms with Crippen LogP contribution in [-0.4, -0.2) is 33.6 Å². The second kappa shape index (κ2) is 5.87. The molecule has 1 fully saturated rings. The fourth-order valence-electron chi connectivity index (χ4n) is 3.27. The number of nitrogens with zero attached hydrogens (tertiary/aromatic N) is 1. The molecule has 1 aromatic carbocycles. The van der Waals surface area contributed by atoms with Crippen molar-refractivity contribution in [2.24, 2.45) is 0 Å². The van der Waals surface area contributed by atoms with Gasteiger partial charge < -0.3 is 5.11 Å². The number of hydroxylamine groups is 2. The van der Waals surface area contributed by atoms with E-state index in [0.717, 1.165) is 5.56 Å². The highest BCUT2D eigenvalue weighted by Gasteiger charge is 2.47. The van der Waals surface area contributed by atoms with E-state index in [1.807, 2.05) is 63.1 Å². The van der Waals surface area contributed by atoms with Crippen molar-refractivity contribution in [2.75, 3.05) is 6.61 Å². The maximum atomic E-state index is 11.9. The first kappa shape index (κ1) is 16.1. The van der Waals surface area contributed by atoms with Crippen LogP contribution in [0.25, 0.3) is 0 Å². The molecule has 1 heterocycles. The van der Waals surface area contributed by atoms with Crippen LogP contribution in [0.15, 0.2) is 30.3 Å². The third-order valence-electron chi connectivity index (χ3n) is 3.93. The molecule has 1 aromatic rings. The molecule has 0 aromatic heterocycles. The maximum Gasteiger partial charge on any atom is 0.136 e. The Morgan fingerprint density at radius 1 is 1.14 bits per heavy atom. The highest BCUT2D eigenvalue weighted by molar-refractivity contribution is 5.81. The zero-order valence-corrected chi connectivity index (χ0v) is 13.3. The summed E-state index contributed by atoms with van der Waals surface area (Å²) in [5.74, 6) is 0.255. The number of piperidine rings is 1. The van der Waals surface area contributed by atoms with Gasteiger partial charge in [0.25, 0.3) is 0 Å². The molecule has 0 aliphatic carbocycles. The summed E-state index contributed by atoms with van der Waals surface area (Å²) in [6.45, 7) is 7.92. The zero-order chi connectivity index (χ0) is 15.7. The number of rotatable bonds is 4. The standard InChI is InChI=1S/C17H25NO3/c1-16(2)10-14(20)11-17(3,4)18(16)21-15(12-19)13-8-6-5-7-9-13/h5-9,15,19H,10-12H2,1-4H3. The Bertz CT molecular complexity index is 476. The first-order chi connectivity index (χ1) is 9.76. The number of hydrogen-bond donors (Lipinski definition) is 1. The van der Waals surface area contributed by atoms with Crippen LogP contribution in [0.5, 0.6) is 0 Å². The summed E-state index contributed by atoms with van der Waals surface area (Å²) in [6.07, 6.45) is 0.505. The quantitative estimate of drug-likeness (QED) is 0.926. The van der Waals surface area contributed by atoms with Gasteiger partial charge in [-0.1, -0.05) is 30.3 Å². The van der Waals surface area contributed by atoms with E-state index in [1.165, 1.54) is 0 Å². The molecule has 116 valence electrons. The molecular formula is C17H25NO3. The van der Waals surface area contributed by atoms with Gasteiger partial charge in [0.15, 0.2) is 0 Å². The minimum atomic E-state index is -0.419. The molecule has 0 saturated carbocycles. The van der Waals surface area contributed by atoms with Gasteiger partial charge in [-0.25, -0.2) is 0 Å². The fraction of sp³-hybridized carbons (Fsp3) is 0.588. The Labute approximate surface area is 126 Å². The van der Waals surface area contributed by atoms with Crippen molar-refractivity contribution < 1.29 is 14.7 Å². The molecule has 0 amide bonds. The number of carbonyl (C=O) groups excluding carboxylic acids is 1. The van der Waals surface area contributed by atoms with Crippen LogP contribution < -0.4 is 0 Å². The smallest absolute Gasteiger partial charge is 0.136 e. The highest BCUT2D eigenvalue weighted by atomic mass is 16.7. The molecule has 1 unspecified atom stereocenters. The van der Waals surface area contributed by atoms with Crippen LogP contribution in [0.3, 0.4) is 0 Å². The summed E-state index contributed by atoms with van der Waals surface area (Å²) < 4.78 is 0. The van der Waals surface area contributed by atoms with E-state index in [0.29, 0.717) is 12.8 Å². The van der Waals surface area contributed by atoms with Crippen molar-refractivity contribution in [3.8, 4) is 0 Å². The van der Waals surface area contributed by atoms with Crippen LogP contribution in [0.4, 0.5) is 0 Å². The summed E-state index contributed by atoms with van der Waals surface area (Å²) in [7, 11) is 0. The van der Waals surface area contributed by atoms with Gasteiger partial charge in [0.2, 0.25) is 0 Å². The molecule has 0 radical (unpaired) electrons. The van der Waals surface area contributed by atoms with E-state index in [4.69, 9.17) is 4.84 Å². The molecule has 4 nitrogen and oxygen atoms in total. The van der Waals surface area contributed by atoms with Crippen molar-refractivity contribution in [3.63, 3.8) is 0 Å². The molecule has 1 aliphatic heterocycles. The molecular weight excluding hydrogens is 266 g/mol. The Morgan fingerprint density at radius 2 is 1.67 bits per heavy atom. The summed E-state index contributed by atoms with van der Waals surface area (Å²) in [4.78, 5) is 18.1. The average Bonchev–Trinajstić information content (AvgIpc) is 2.37. The second-order valence-electron chi connectivity index (χ2n) is 7.00. The number of hydrogen-bond acceptors (Lipinski definition) is 4. The lowest BCUT2D eigenvalue weighted by Gasteiger charge is -2.51. The topological polar surface area (TPSA) is 49.8 Å². The van der Waals surface area contributed by atoms with E-state index >= 15 is 0 Å². The van der Waals surface area contributed by atoms with Gasteiger partial charge in [0.1, 0.15) is 11.9 Å². The van der Waals surface area contributed by atoms with Crippen LogP contribution in [0.2, 0.25) is 0 Å². The largest absolute Gasteiger partial charge is 0.393 e. The summed E-state index contributed by atoms with van der Waals surface area (Å²) >= 11 is 0. The van der Waals surface area contributed by atoms with Crippen molar-refractivity contribution in [1.82, 2.24) is 5.06 Å². The Morgan fingerprint density at radius 3 is 2.14 bits per heavy atom. The lowest BCUT2D eigenvalue weighted by atomic mass is 9.81. The molecule has 21 heavy (non-hydrogen) atoms. The normalized spacial score (nSPS) is 23.0. The average molecular weight is 291 g/mol. The SMILES string of the molecule is CC1(C)CC(=O)CC(C)(C)N1OC(CO)c1ccccc1. The third kappa shape index (κ3) is 3.51. The van der Waals surface area contributed by atoms with E-state index in [9.17, 15) is 9.90 Å². The first-order valence-electron chi connectivity index (χ1n) is 7.41. The van der Waals surface area contributed by atoms with Crippen LogP contribution >= 0.6 is 0 Å². The maximum absolute atomic E-state index is 11.9. The molecule has 2 rings (SSSR count). The van der Waals surface area contributed by atoms with Crippen molar-refractivity contribution in [1.29, 1.82) is 0 Å². The molecule has 1 saturated heterocycles. The van der Waals surface area contributed by atoms with E-state index in [2.05, 4.69) is 0 Å². The van der Waals surface area contributed by atoms with Crippen molar-refractivity contribution in [3.05, 3.63) is 35.9 Å². The molecule has 0 bridgehead atoms. The molecule has 1 atom stereocenters. The minimum Gasteiger partial charge on any atom is -0.393 e. The number of benzene rings is 1. The fourth-order valence-corrected chi connectivity index (χ4v) is 3.27.